The summed E-state index contributed by atoms with van der Waals surface area (Å²) in [6.45, 7) is 13.9. The van der Waals surface area contributed by atoms with Gasteiger partial charge >= 0.3 is 0 Å². The zero-order chi connectivity index (χ0) is 12.1. The minimum atomic E-state index is 0.985. The minimum absolute atomic E-state index is 0.985. The molecule has 0 atom stereocenters. The lowest BCUT2D eigenvalue weighted by atomic mass is 9.99. The van der Waals surface area contributed by atoms with E-state index in [9.17, 15) is 0 Å². The Balaban J connectivity index is 2.78. The SMILES string of the molecule is CCNCCNc1c(C)c(C)cc(C)c1C. The second kappa shape index (κ2) is 5.90. The van der Waals surface area contributed by atoms with E-state index >= 15 is 0 Å². The van der Waals surface area contributed by atoms with Gasteiger partial charge in [0.2, 0.25) is 0 Å². The maximum Gasteiger partial charge on any atom is 0.0405 e. The Labute approximate surface area is 99.5 Å². The van der Waals surface area contributed by atoms with E-state index in [-0.39, 0.29) is 0 Å². The van der Waals surface area contributed by atoms with E-state index in [0.29, 0.717) is 0 Å². The van der Waals surface area contributed by atoms with Crippen molar-refractivity contribution in [3.63, 3.8) is 0 Å². The van der Waals surface area contributed by atoms with Crippen LogP contribution in [0.15, 0.2) is 6.07 Å². The molecule has 1 aromatic rings. The molecule has 90 valence electrons. The third-order valence-corrected chi connectivity index (χ3v) is 3.22. The highest BCUT2D eigenvalue weighted by Crippen LogP contribution is 2.26. The minimum Gasteiger partial charge on any atom is -0.383 e. The first-order valence-corrected chi connectivity index (χ1v) is 6.10. The number of likely N-dealkylation sites (N-methyl/N-ethyl adjacent to an activating group) is 1. The first-order valence-electron chi connectivity index (χ1n) is 6.10. The van der Waals surface area contributed by atoms with Crippen LogP contribution in [0, 0.1) is 27.7 Å². The third kappa shape index (κ3) is 2.99. The molecule has 0 spiro atoms. The Kier molecular flexibility index (Phi) is 4.81. The van der Waals surface area contributed by atoms with Crippen LogP contribution in [-0.4, -0.2) is 19.6 Å². The van der Waals surface area contributed by atoms with Crippen LogP contribution in [0.2, 0.25) is 0 Å². The highest BCUT2D eigenvalue weighted by atomic mass is 14.9. The highest BCUT2D eigenvalue weighted by Gasteiger charge is 2.07. The third-order valence-electron chi connectivity index (χ3n) is 3.22. The van der Waals surface area contributed by atoms with Crippen molar-refractivity contribution in [1.29, 1.82) is 0 Å². The zero-order valence-corrected chi connectivity index (χ0v) is 11.2. The smallest absolute Gasteiger partial charge is 0.0405 e. The Bertz CT molecular complexity index is 330. The van der Waals surface area contributed by atoms with E-state index in [2.05, 4.69) is 51.3 Å². The standard InChI is InChI=1S/C14H24N2/c1-6-15-7-8-16-14-12(4)10(2)9-11(3)13(14)5/h9,15-16H,6-8H2,1-5H3. The topological polar surface area (TPSA) is 24.1 Å². The molecule has 0 aliphatic heterocycles. The van der Waals surface area contributed by atoms with Gasteiger partial charge < -0.3 is 10.6 Å². The molecular weight excluding hydrogens is 196 g/mol. The molecular formula is C14H24N2. The quantitative estimate of drug-likeness (QED) is 0.746. The van der Waals surface area contributed by atoms with Crippen molar-refractivity contribution < 1.29 is 0 Å². The fourth-order valence-corrected chi connectivity index (χ4v) is 1.93. The molecule has 0 aliphatic rings. The molecule has 0 amide bonds. The van der Waals surface area contributed by atoms with Crippen LogP contribution in [0.5, 0.6) is 0 Å². The lowest BCUT2D eigenvalue weighted by Gasteiger charge is -2.17. The van der Waals surface area contributed by atoms with E-state index in [1.165, 1.54) is 27.9 Å². The maximum atomic E-state index is 3.54. The number of benzene rings is 1. The fraction of sp³-hybridized carbons (Fsp3) is 0.571. The molecule has 1 aromatic carbocycles. The molecule has 0 aliphatic carbocycles. The van der Waals surface area contributed by atoms with Crippen LogP contribution in [0.3, 0.4) is 0 Å². The molecule has 0 bridgehead atoms. The van der Waals surface area contributed by atoms with Gasteiger partial charge in [-0.3, -0.25) is 0 Å². The summed E-state index contributed by atoms with van der Waals surface area (Å²) in [4.78, 5) is 0. The average molecular weight is 220 g/mol. The second-order valence-electron chi connectivity index (χ2n) is 4.42. The van der Waals surface area contributed by atoms with E-state index < -0.39 is 0 Å². The lowest BCUT2D eigenvalue weighted by molar-refractivity contribution is 0.738. The van der Waals surface area contributed by atoms with Crippen molar-refractivity contribution in [2.45, 2.75) is 34.6 Å². The molecule has 0 unspecified atom stereocenters. The summed E-state index contributed by atoms with van der Waals surface area (Å²) < 4.78 is 0. The van der Waals surface area contributed by atoms with Crippen LogP contribution in [-0.2, 0) is 0 Å². The molecule has 0 aromatic heterocycles. The largest absolute Gasteiger partial charge is 0.383 e. The normalized spacial score (nSPS) is 10.6. The lowest BCUT2D eigenvalue weighted by Crippen LogP contribution is -2.22. The van der Waals surface area contributed by atoms with Gasteiger partial charge in [-0.1, -0.05) is 13.0 Å². The summed E-state index contributed by atoms with van der Waals surface area (Å²) in [5.74, 6) is 0. The Hall–Kier alpha value is -1.02. The van der Waals surface area contributed by atoms with E-state index in [0.717, 1.165) is 19.6 Å². The number of anilines is 1. The fourth-order valence-electron chi connectivity index (χ4n) is 1.93. The Morgan fingerprint density at radius 3 is 2.00 bits per heavy atom. The molecule has 16 heavy (non-hydrogen) atoms. The Morgan fingerprint density at radius 2 is 1.50 bits per heavy atom. The number of rotatable bonds is 5. The van der Waals surface area contributed by atoms with Gasteiger partial charge in [0.05, 0.1) is 0 Å². The molecule has 2 N–H and O–H groups in total. The van der Waals surface area contributed by atoms with Gasteiger partial charge in [0.25, 0.3) is 0 Å². The van der Waals surface area contributed by atoms with E-state index in [1.54, 1.807) is 0 Å². The molecule has 0 heterocycles. The monoisotopic (exact) mass is 220 g/mol. The number of aryl methyl sites for hydroxylation is 2. The van der Waals surface area contributed by atoms with Crippen molar-refractivity contribution in [2.75, 3.05) is 25.0 Å². The average Bonchev–Trinajstić information content (AvgIpc) is 2.25. The molecule has 0 saturated heterocycles. The van der Waals surface area contributed by atoms with Crippen LogP contribution in [0.1, 0.15) is 29.2 Å². The second-order valence-corrected chi connectivity index (χ2v) is 4.42. The van der Waals surface area contributed by atoms with E-state index in [4.69, 9.17) is 0 Å². The van der Waals surface area contributed by atoms with Gasteiger partial charge in [0, 0.05) is 18.8 Å². The van der Waals surface area contributed by atoms with E-state index in [1.807, 2.05) is 0 Å². The van der Waals surface area contributed by atoms with Gasteiger partial charge in [0.15, 0.2) is 0 Å². The van der Waals surface area contributed by atoms with Crippen molar-refractivity contribution in [1.82, 2.24) is 5.32 Å². The maximum absolute atomic E-state index is 3.54. The highest BCUT2D eigenvalue weighted by molar-refractivity contribution is 5.62. The summed E-state index contributed by atoms with van der Waals surface area (Å²) >= 11 is 0. The molecule has 0 radical (unpaired) electrons. The summed E-state index contributed by atoms with van der Waals surface area (Å²) in [5.41, 5.74) is 6.80. The predicted octanol–water partition coefficient (Wildman–Crippen LogP) is 2.94. The van der Waals surface area contributed by atoms with Gasteiger partial charge in [-0.25, -0.2) is 0 Å². The van der Waals surface area contributed by atoms with Crippen molar-refractivity contribution >= 4 is 5.69 Å². The number of hydrogen-bond acceptors (Lipinski definition) is 2. The zero-order valence-electron chi connectivity index (χ0n) is 11.2. The summed E-state index contributed by atoms with van der Waals surface area (Å²) in [5, 5.41) is 6.86. The summed E-state index contributed by atoms with van der Waals surface area (Å²) in [7, 11) is 0. The van der Waals surface area contributed by atoms with Crippen LogP contribution in [0.4, 0.5) is 5.69 Å². The summed E-state index contributed by atoms with van der Waals surface area (Å²) in [6.07, 6.45) is 0. The van der Waals surface area contributed by atoms with Crippen molar-refractivity contribution in [3.05, 3.63) is 28.3 Å². The van der Waals surface area contributed by atoms with Gasteiger partial charge in [-0.2, -0.15) is 0 Å². The first kappa shape index (κ1) is 13.0. The predicted molar refractivity (Wildman–Crippen MR) is 72.4 cm³/mol. The number of nitrogens with one attached hydrogen (secondary N) is 2. The van der Waals surface area contributed by atoms with Crippen LogP contribution >= 0.6 is 0 Å². The van der Waals surface area contributed by atoms with Gasteiger partial charge in [0.1, 0.15) is 0 Å². The molecule has 0 saturated carbocycles. The van der Waals surface area contributed by atoms with Crippen LogP contribution in [0.25, 0.3) is 0 Å². The molecule has 1 rings (SSSR count). The molecule has 0 fully saturated rings. The van der Waals surface area contributed by atoms with Crippen molar-refractivity contribution in [2.24, 2.45) is 0 Å². The van der Waals surface area contributed by atoms with Gasteiger partial charge in [-0.05, 0) is 56.5 Å². The Morgan fingerprint density at radius 1 is 0.938 bits per heavy atom. The van der Waals surface area contributed by atoms with Crippen LogP contribution < -0.4 is 10.6 Å². The number of hydrogen-bond donors (Lipinski definition) is 2. The first-order chi connectivity index (χ1) is 7.57. The molecule has 2 heteroatoms. The van der Waals surface area contributed by atoms with Crippen molar-refractivity contribution in [3.8, 4) is 0 Å². The molecule has 2 nitrogen and oxygen atoms in total. The summed E-state index contributed by atoms with van der Waals surface area (Å²) in [6, 6.07) is 2.26. The van der Waals surface area contributed by atoms with Gasteiger partial charge in [-0.15, -0.1) is 0 Å².